The van der Waals surface area contributed by atoms with Gasteiger partial charge in [-0.25, -0.2) is 4.99 Å². The van der Waals surface area contributed by atoms with E-state index in [1.807, 2.05) is 12.4 Å². The smallest absolute Gasteiger partial charge is 0.361 e. The number of benzene rings is 1. The standard InChI is InChI=1S/C10H9N7OS/c1-19-10(12-6-11)13-7-2-4-8(5-3-7)18-9-14-16-17-15-9/h2-5H,1H3,(H,12,13)(H,14,15,16,17). The summed E-state index contributed by atoms with van der Waals surface area (Å²) >= 11 is 1.35. The Morgan fingerprint density at radius 2 is 2.26 bits per heavy atom. The number of H-pyrrole nitrogens is 1. The number of aromatic amines is 1. The molecule has 0 aliphatic carbocycles. The Kier molecular flexibility index (Phi) is 4.30. The molecule has 0 unspecified atom stereocenters. The molecule has 0 bridgehead atoms. The summed E-state index contributed by atoms with van der Waals surface area (Å²) in [7, 11) is 0. The molecular formula is C10H9N7OS. The Morgan fingerprint density at radius 1 is 1.47 bits per heavy atom. The highest BCUT2D eigenvalue weighted by atomic mass is 32.2. The van der Waals surface area contributed by atoms with Crippen LogP contribution in [-0.2, 0) is 0 Å². The average Bonchev–Trinajstić information content (AvgIpc) is 2.93. The maximum atomic E-state index is 8.54. The number of aliphatic imine (C=N–C) groups is 1. The van der Waals surface area contributed by atoms with Gasteiger partial charge in [-0.1, -0.05) is 22.0 Å². The lowest BCUT2D eigenvalue weighted by atomic mass is 10.3. The van der Waals surface area contributed by atoms with E-state index < -0.39 is 0 Å². The number of ether oxygens (including phenoxy) is 1. The maximum absolute atomic E-state index is 8.54. The van der Waals surface area contributed by atoms with Crippen molar-refractivity contribution in [2.24, 2.45) is 4.99 Å². The van der Waals surface area contributed by atoms with E-state index in [4.69, 9.17) is 10.00 Å². The van der Waals surface area contributed by atoms with E-state index in [2.05, 4.69) is 30.9 Å². The van der Waals surface area contributed by atoms with Crippen LogP contribution in [0.2, 0.25) is 0 Å². The minimum absolute atomic E-state index is 0.146. The van der Waals surface area contributed by atoms with E-state index in [0.29, 0.717) is 16.6 Å². The molecule has 2 aromatic rings. The van der Waals surface area contributed by atoms with Gasteiger partial charge in [-0.05, 0) is 35.7 Å². The molecule has 19 heavy (non-hydrogen) atoms. The number of nitrogens with one attached hydrogen (secondary N) is 2. The van der Waals surface area contributed by atoms with Crippen molar-refractivity contribution in [3.63, 3.8) is 0 Å². The fourth-order valence-corrected chi connectivity index (χ4v) is 1.52. The van der Waals surface area contributed by atoms with Gasteiger partial charge in [-0.15, -0.1) is 0 Å². The molecule has 1 aromatic carbocycles. The van der Waals surface area contributed by atoms with Crippen molar-refractivity contribution in [1.82, 2.24) is 25.9 Å². The van der Waals surface area contributed by atoms with E-state index in [1.165, 1.54) is 11.8 Å². The van der Waals surface area contributed by atoms with Crippen LogP contribution in [0.1, 0.15) is 0 Å². The zero-order chi connectivity index (χ0) is 13.5. The maximum Gasteiger partial charge on any atom is 0.361 e. The van der Waals surface area contributed by atoms with Crippen LogP contribution in [-0.4, -0.2) is 32.0 Å². The number of hydrogen-bond donors (Lipinski definition) is 2. The Morgan fingerprint density at radius 3 is 2.84 bits per heavy atom. The molecule has 0 atom stereocenters. The first-order valence-corrected chi connectivity index (χ1v) is 6.33. The SMILES string of the molecule is CSC(=Nc1ccc(Oc2nn[nH]n2)cc1)NC#N. The summed E-state index contributed by atoms with van der Waals surface area (Å²) in [5.41, 5.74) is 0.701. The average molecular weight is 275 g/mol. The van der Waals surface area contributed by atoms with Gasteiger partial charge in [-0.2, -0.15) is 10.5 Å². The lowest BCUT2D eigenvalue weighted by molar-refractivity contribution is 0.442. The predicted molar refractivity (Wildman–Crippen MR) is 70.1 cm³/mol. The summed E-state index contributed by atoms with van der Waals surface area (Å²) in [5, 5.41) is 24.6. The van der Waals surface area contributed by atoms with Crippen LogP contribution in [0.5, 0.6) is 11.8 Å². The third kappa shape index (κ3) is 3.68. The van der Waals surface area contributed by atoms with Crippen molar-refractivity contribution in [1.29, 1.82) is 5.26 Å². The van der Waals surface area contributed by atoms with Gasteiger partial charge < -0.3 is 4.74 Å². The number of thioether (sulfide) groups is 1. The summed E-state index contributed by atoms with van der Waals surface area (Å²) in [5.74, 6) is 0.569. The van der Waals surface area contributed by atoms with Crippen molar-refractivity contribution in [2.75, 3.05) is 6.26 Å². The molecule has 8 nitrogen and oxygen atoms in total. The molecule has 0 aliphatic heterocycles. The molecule has 0 aliphatic rings. The van der Waals surface area contributed by atoms with Crippen LogP contribution in [0.3, 0.4) is 0 Å². The van der Waals surface area contributed by atoms with Gasteiger partial charge in [0.1, 0.15) is 5.75 Å². The van der Waals surface area contributed by atoms with E-state index >= 15 is 0 Å². The normalized spacial score (nSPS) is 10.8. The molecule has 9 heteroatoms. The molecule has 2 N–H and O–H groups in total. The van der Waals surface area contributed by atoms with Crippen LogP contribution in [0.4, 0.5) is 5.69 Å². The molecule has 2 rings (SSSR count). The number of nitrogens with zero attached hydrogens (tertiary/aromatic N) is 5. The fraction of sp³-hybridized carbons (Fsp3) is 0.100. The molecule has 0 saturated carbocycles. The Labute approximate surface area is 112 Å². The van der Waals surface area contributed by atoms with Crippen LogP contribution >= 0.6 is 11.8 Å². The first kappa shape index (κ1) is 12.8. The van der Waals surface area contributed by atoms with Gasteiger partial charge in [-0.3, -0.25) is 5.32 Å². The van der Waals surface area contributed by atoms with Gasteiger partial charge in [0.2, 0.25) is 0 Å². The van der Waals surface area contributed by atoms with Crippen LogP contribution in [0.15, 0.2) is 29.3 Å². The van der Waals surface area contributed by atoms with Gasteiger partial charge >= 0.3 is 6.01 Å². The lowest BCUT2D eigenvalue weighted by Crippen LogP contribution is -2.12. The number of rotatable bonds is 3. The highest BCUT2D eigenvalue weighted by Crippen LogP contribution is 2.21. The summed E-state index contributed by atoms with van der Waals surface area (Å²) in [6.45, 7) is 0. The van der Waals surface area contributed by atoms with Crippen molar-refractivity contribution in [3.05, 3.63) is 24.3 Å². The van der Waals surface area contributed by atoms with E-state index in [9.17, 15) is 0 Å². The monoisotopic (exact) mass is 275 g/mol. The summed E-state index contributed by atoms with van der Waals surface area (Å²) < 4.78 is 5.31. The second-order valence-electron chi connectivity index (χ2n) is 3.15. The largest absolute Gasteiger partial charge is 0.422 e. The van der Waals surface area contributed by atoms with Crippen molar-refractivity contribution >= 4 is 22.6 Å². The molecule has 0 amide bonds. The second kappa shape index (κ2) is 6.36. The summed E-state index contributed by atoms with van der Waals surface area (Å²) in [4.78, 5) is 4.25. The minimum Gasteiger partial charge on any atom is -0.422 e. The molecule has 1 heterocycles. The van der Waals surface area contributed by atoms with Crippen LogP contribution in [0, 0.1) is 11.5 Å². The predicted octanol–water partition coefficient (Wildman–Crippen LogP) is 1.41. The first-order chi connectivity index (χ1) is 9.31. The van der Waals surface area contributed by atoms with Crippen molar-refractivity contribution in [2.45, 2.75) is 0 Å². The van der Waals surface area contributed by atoms with E-state index in [0.717, 1.165) is 0 Å². The Bertz CT molecular complexity index is 587. The summed E-state index contributed by atoms with van der Waals surface area (Å²) in [6, 6.07) is 7.10. The second-order valence-corrected chi connectivity index (χ2v) is 3.94. The molecule has 0 saturated heterocycles. The zero-order valence-electron chi connectivity index (χ0n) is 9.86. The van der Waals surface area contributed by atoms with Crippen LogP contribution < -0.4 is 10.1 Å². The van der Waals surface area contributed by atoms with Crippen molar-refractivity contribution in [3.8, 4) is 18.0 Å². The molecule has 0 radical (unpaired) electrons. The van der Waals surface area contributed by atoms with Crippen LogP contribution in [0.25, 0.3) is 0 Å². The highest BCUT2D eigenvalue weighted by Gasteiger charge is 2.02. The van der Waals surface area contributed by atoms with E-state index in [-0.39, 0.29) is 6.01 Å². The molecule has 1 aromatic heterocycles. The van der Waals surface area contributed by atoms with Gasteiger partial charge in [0.05, 0.1) is 5.69 Å². The number of aromatic nitrogens is 4. The Balaban J connectivity index is 2.08. The molecule has 0 spiro atoms. The number of hydrogen-bond acceptors (Lipinski definition) is 7. The van der Waals surface area contributed by atoms with Gasteiger partial charge in [0.15, 0.2) is 11.4 Å². The number of amidine groups is 1. The van der Waals surface area contributed by atoms with Gasteiger partial charge in [0.25, 0.3) is 0 Å². The third-order valence-electron chi connectivity index (χ3n) is 1.96. The first-order valence-electron chi connectivity index (χ1n) is 5.11. The minimum atomic E-state index is 0.146. The number of tetrazole rings is 1. The van der Waals surface area contributed by atoms with Crippen molar-refractivity contribution < 1.29 is 4.74 Å². The van der Waals surface area contributed by atoms with Gasteiger partial charge in [0, 0.05) is 0 Å². The Hall–Kier alpha value is -2.60. The lowest BCUT2D eigenvalue weighted by Gasteiger charge is -2.02. The van der Waals surface area contributed by atoms with E-state index in [1.54, 1.807) is 24.3 Å². The quantitative estimate of drug-likeness (QED) is 0.377. The molecular weight excluding hydrogens is 266 g/mol. The highest BCUT2D eigenvalue weighted by molar-refractivity contribution is 8.13. The number of nitriles is 1. The zero-order valence-corrected chi connectivity index (χ0v) is 10.7. The topological polar surface area (TPSA) is 112 Å². The fourth-order valence-electron chi connectivity index (χ4n) is 1.18. The molecule has 0 fully saturated rings. The third-order valence-corrected chi connectivity index (χ3v) is 2.54. The molecule has 96 valence electrons. The summed E-state index contributed by atoms with van der Waals surface area (Å²) in [6.07, 6.45) is 3.66.